The lowest BCUT2D eigenvalue weighted by molar-refractivity contribution is 0.389. The van der Waals surface area contributed by atoms with Crippen molar-refractivity contribution in [2.75, 3.05) is 0 Å². The molecule has 3 heterocycles. The van der Waals surface area contributed by atoms with Gasteiger partial charge < -0.3 is 4.40 Å². The van der Waals surface area contributed by atoms with Crippen LogP contribution in [0.5, 0.6) is 0 Å². The van der Waals surface area contributed by atoms with Crippen LogP contribution in [0.2, 0.25) is 5.02 Å². The van der Waals surface area contributed by atoms with E-state index >= 15 is 0 Å². The maximum atomic E-state index is 13.4. The first kappa shape index (κ1) is 15.4. The van der Waals surface area contributed by atoms with Crippen molar-refractivity contribution in [3.8, 4) is 5.82 Å². The van der Waals surface area contributed by atoms with Gasteiger partial charge in [-0.1, -0.05) is 25.4 Å². The molecule has 0 aromatic carbocycles. The SMILES string of the molecule is CC1(C)Cc2cc3c(=O)n(-c4nccc(Cl)c4CF)ccn3c2C1. The molecule has 0 bridgehead atoms. The molecule has 0 spiro atoms. The highest BCUT2D eigenvalue weighted by atomic mass is 35.5. The van der Waals surface area contributed by atoms with Gasteiger partial charge in [-0.2, -0.15) is 0 Å². The van der Waals surface area contributed by atoms with E-state index in [1.54, 1.807) is 6.20 Å². The van der Waals surface area contributed by atoms with Crippen LogP contribution in [0, 0.1) is 5.41 Å². The van der Waals surface area contributed by atoms with Crippen molar-refractivity contribution in [1.29, 1.82) is 0 Å². The molecule has 3 aromatic rings. The number of rotatable bonds is 2. The van der Waals surface area contributed by atoms with Crippen LogP contribution in [0.1, 0.15) is 30.7 Å². The zero-order chi connectivity index (χ0) is 17.1. The molecule has 0 aliphatic heterocycles. The number of pyridine rings is 1. The molecule has 6 heteroatoms. The summed E-state index contributed by atoms with van der Waals surface area (Å²) in [5.41, 5.74) is 3.21. The Labute approximate surface area is 143 Å². The van der Waals surface area contributed by atoms with Crippen molar-refractivity contribution in [3.05, 3.63) is 62.9 Å². The van der Waals surface area contributed by atoms with Crippen molar-refractivity contribution < 1.29 is 4.39 Å². The number of nitrogens with zero attached hydrogens (tertiary/aromatic N) is 3. The minimum Gasteiger partial charge on any atom is -0.314 e. The summed E-state index contributed by atoms with van der Waals surface area (Å²) in [6, 6.07) is 3.47. The first-order valence-electron chi connectivity index (χ1n) is 7.85. The maximum Gasteiger partial charge on any atom is 0.280 e. The Bertz CT molecular complexity index is 1020. The third-order valence-electron chi connectivity index (χ3n) is 4.69. The van der Waals surface area contributed by atoms with Crippen molar-refractivity contribution in [3.63, 3.8) is 0 Å². The third kappa shape index (κ3) is 2.18. The molecule has 0 saturated heterocycles. The van der Waals surface area contributed by atoms with Gasteiger partial charge in [-0.3, -0.25) is 9.36 Å². The lowest BCUT2D eigenvalue weighted by Crippen LogP contribution is -2.22. The molecule has 4 nitrogen and oxygen atoms in total. The molecule has 0 saturated carbocycles. The average Bonchev–Trinajstić information content (AvgIpc) is 3.00. The summed E-state index contributed by atoms with van der Waals surface area (Å²) in [6.07, 6.45) is 6.86. The Morgan fingerprint density at radius 3 is 2.88 bits per heavy atom. The van der Waals surface area contributed by atoms with Gasteiger partial charge >= 0.3 is 0 Å². The van der Waals surface area contributed by atoms with E-state index in [0.717, 1.165) is 12.8 Å². The topological polar surface area (TPSA) is 39.3 Å². The molecular formula is C18H17ClFN3O. The van der Waals surface area contributed by atoms with Crippen LogP contribution in [0.25, 0.3) is 11.3 Å². The highest BCUT2D eigenvalue weighted by Crippen LogP contribution is 2.37. The van der Waals surface area contributed by atoms with Crippen LogP contribution in [0.15, 0.2) is 35.5 Å². The van der Waals surface area contributed by atoms with Crippen LogP contribution in [0.4, 0.5) is 4.39 Å². The number of fused-ring (bicyclic) bond motifs is 3. The number of hydrogen-bond donors (Lipinski definition) is 0. The molecule has 4 rings (SSSR count). The van der Waals surface area contributed by atoms with Crippen molar-refractivity contribution >= 4 is 17.1 Å². The summed E-state index contributed by atoms with van der Waals surface area (Å²) in [5, 5.41) is 0.272. The second kappa shape index (κ2) is 5.18. The van der Waals surface area contributed by atoms with Crippen LogP contribution >= 0.6 is 11.6 Å². The van der Waals surface area contributed by atoms with Gasteiger partial charge in [0.2, 0.25) is 0 Å². The van der Waals surface area contributed by atoms with Gasteiger partial charge in [-0.15, -0.1) is 0 Å². The maximum absolute atomic E-state index is 13.4. The number of alkyl halides is 1. The van der Waals surface area contributed by atoms with Gasteiger partial charge in [0.05, 0.1) is 5.02 Å². The van der Waals surface area contributed by atoms with Crippen molar-refractivity contribution in [2.24, 2.45) is 5.41 Å². The Kier molecular flexibility index (Phi) is 3.32. The molecule has 24 heavy (non-hydrogen) atoms. The van der Waals surface area contributed by atoms with Gasteiger partial charge in [0.1, 0.15) is 18.0 Å². The number of hydrogen-bond acceptors (Lipinski definition) is 2. The Morgan fingerprint density at radius 1 is 1.33 bits per heavy atom. The molecule has 1 aliphatic rings. The molecule has 3 aromatic heterocycles. The van der Waals surface area contributed by atoms with Crippen molar-refractivity contribution in [2.45, 2.75) is 33.4 Å². The fourth-order valence-corrected chi connectivity index (χ4v) is 3.81. The quantitative estimate of drug-likeness (QED) is 0.710. The summed E-state index contributed by atoms with van der Waals surface area (Å²) < 4.78 is 16.7. The first-order chi connectivity index (χ1) is 11.4. The van der Waals surface area contributed by atoms with E-state index in [1.165, 1.54) is 28.1 Å². The van der Waals surface area contributed by atoms with E-state index in [2.05, 4.69) is 18.8 Å². The van der Waals surface area contributed by atoms with Gasteiger partial charge in [-0.25, -0.2) is 9.37 Å². The summed E-state index contributed by atoms with van der Waals surface area (Å²) in [5.74, 6) is 0.249. The Morgan fingerprint density at radius 2 is 2.12 bits per heavy atom. The van der Waals surface area contributed by atoms with Crippen LogP contribution in [-0.2, 0) is 19.5 Å². The molecule has 0 fully saturated rings. The highest BCUT2D eigenvalue weighted by Gasteiger charge is 2.31. The molecule has 0 unspecified atom stereocenters. The lowest BCUT2D eigenvalue weighted by atomic mass is 9.90. The minimum atomic E-state index is -0.772. The second-order valence-corrected chi connectivity index (χ2v) is 7.50. The fourth-order valence-electron chi connectivity index (χ4n) is 3.62. The van der Waals surface area contributed by atoms with Gasteiger partial charge in [0.25, 0.3) is 5.56 Å². The highest BCUT2D eigenvalue weighted by molar-refractivity contribution is 6.31. The van der Waals surface area contributed by atoms with E-state index in [-0.39, 0.29) is 27.4 Å². The first-order valence-corrected chi connectivity index (χ1v) is 8.23. The van der Waals surface area contributed by atoms with Gasteiger partial charge in [0, 0.05) is 29.8 Å². The summed E-state index contributed by atoms with van der Waals surface area (Å²) in [4.78, 5) is 17.1. The zero-order valence-corrected chi connectivity index (χ0v) is 14.3. The predicted octanol–water partition coefficient (Wildman–Crippen LogP) is 3.73. The fraction of sp³-hybridized carbons (Fsp3) is 0.333. The van der Waals surface area contributed by atoms with E-state index in [1.807, 2.05) is 16.7 Å². The zero-order valence-electron chi connectivity index (χ0n) is 13.5. The normalized spacial score (nSPS) is 15.8. The van der Waals surface area contributed by atoms with Crippen molar-refractivity contribution in [1.82, 2.24) is 14.0 Å². The largest absolute Gasteiger partial charge is 0.314 e. The van der Waals surface area contributed by atoms with E-state index in [9.17, 15) is 9.18 Å². The molecule has 0 N–H and O–H groups in total. The molecule has 0 amide bonds. The Hall–Kier alpha value is -2.14. The molecule has 124 valence electrons. The smallest absolute Gasteiger partial charge is 0.280 e. The van der Waals surface area contributed by atoms with E-state index < -0.39 is 6.67 Å². The number of halogens is 2. The van der Waals surface area contributed by atoms with E-state index in [0.29, 0.717) is 5.52 Å². The molecule has 0 radical (unpaired) electrons. The summed E-state index contributed by atoms with van der Waals surface area (Å²) in [6.45, 7) is 3.68. The third-order valence-corrected chi connectivity index (χ3v) is 5.04. The van der Waals surface area contributed by atoms with Crippen LogP contribution in [0.3, 0.4) is 0 Å². The Balaban J connectivity index is 1.94. The minimum absolute atomic E-state index is 0.214. The standard InChI is InChI=1S/C18H17ClFN3O/c1-18(2)8-11-7-14-17(24)23(6-5-22(14)15(11)9-18)16-12(10-20)13(19)3-4-21-16/h3-7H,8-10H2,1-2H3. The summed E-state index contributed by atoms with van der Waals surface area (Å²) in [7, 11) is 0. The lowest BCUT2D eigenvalue weighted by Gasteiger charge is -2.16. The molecular weight excluding hydrogens is 329 g/mol. The van der Waals surface area contributed by atoms with E-state index in [4.69, 9.17) is 11.6 Å². The van der Waals surface area contributed by atoms with Gasteiger partial charge in [-0.05, 0) is 36.0 Å². The average molecular weight is 346 g/mol. The molecule has 1 aliphatic carbocycles. The van der Waals surface area contributed by atoms with Crippen LogP contribution in [-0.4, -0.2) is 14.0 Å². The molecule has 0 atom stereocenters. The number of aromatic nitrogens is 3. The predicted molar refractivity (Wildman–Crippen MR) is 91.8 cm³/mol. The summed E-state index contributed by atoms with van der Waals surface area (Å²) >= 11 is 6.04. The second-order valence-electron chi connectivity index (χ2n) is 7.09. The monoisotopic (exact) mass is 345 g/mol. The van der Waals surface area contributed by atoms with Crippen LogP contribution < -0.4 is 5.56 Å². The van der Waals surface area contributed by atoms with Gasteiger partial charge in [0.15, 0.2) is 0 Å².